The number of benzene rings is 2. The SMILES string of the molecule is O=C(/C=C/c1ccccc1)N1CCN(S(=O)(=O)c2ccc(Cl)c(C(F)(F)F)c2)CC1. The van der Waals surface area contributed by atoms with Crippen molar-refractivity contribution in [2.75, 3.05) is 26.2 Å². The Morgan fingerprint density at radius 3 is 2.23 bits per heavy atom. The Balaban J connectivity index is 1.68. The first-order chi connectivity index (χ1) is 14.1. The summed E-state index contributed by atoms with van der Waals surface area (Å²) in [5.74, 6) is -0.262. The van der Waals surface area contributed by atoms with Gasteiger partial charge in [-0.2, -0.15) is 17.5 Å². The molecule has 0 atom stereocenters. The van der Waals surface area contributed by atoms with E-state index in [1.807, 2.05) is 30.3 Å². The molecule has 1 saturated heterocycles. The molecule has 0 aromatic heterocycles. The van der Waals surface area contributed by atoms with E-state index in [1.54, 1.807) is 6.08 Å². The molecule has 1 aliphatic heterocycles. The highest BCUT2D eigenvalue weighted by molar-refractivity contribution is 7.89. The van der Waals surface area contributed by atoms with E-state index in [9.17, 15) is 26.4 Å². The predicted octanol–water partition coefficient (Wildman–Crippen LogP) is 3.91. The summed E-state index contributed by atoms with van der Waals surface area (Å²) in [7, 11) is -4.15. The quantitative estimate of drug-likeness (QED) is 0.653. The fourth-order valence-corrected chi connectivity index (χ4v) is 4.69. The molecule has 0 bridgehead atoms. The van der Waals surface area contributed by atoms with Gasteiger partial charge in [0.2, 0.25) is 15.9 Å². The molecule has 0 aliphatic carbocycles. The van der Waals surface area contributed by atoms with Crippen molar-refractivity contribution in [3.8, 4) is 0 Å². The van der Waals surface area contributed by atoms with E-state index in [-0.39, 0.29) is 32.1 Å². The molecular weight excluding hydrogens is 441 g/mol. The van der Waals surface area contributed by atoms with Crippen molar-refractivity contribution in [3.05, 3.63) is 70.8 Å². The number of amides is 1. The number of alkyl halides is 3. The Morgan fingerprint density at radius 1 is 1.00 bits per heavy atom. The highest BCUT2D eigenvalue weighted by atomic mass is 35.5. The number of rotatable bonds is 4. The molecule has 0 radical (unpaired) electrons. The van der Waals surface area contributed by atoms with Gasteiger partial charge in [-0.3, -0.25) is 4.79 Å². The lowest BCUT2D eigenvalue weighted by atomic mass is 10.2. The molecule has 3 rings (SSSR count). The third-order valence-corrected chi connectivity index (χ3v) is 6.87. The lowest BCUT2D eigenvalue weighted by molar-refractivity contribution is -0.137. The number of hydrogen-bond acceptors (Lipinski definition) is 3. The van der Waals surface area contributed by atoms with Crippen molar-refractivity contribution in [1.82, 2.24) is 9.21 Å². The van der Waals surface area contributed by atoms with Crippen molar-refractivity contribution in [2.45, 2.75) is 11.1 Å². The first kappa shape index (κ1) is 22.3. The van der Waals surface area contributed by atoms with Crippen LogP contribution in [0.2, 0.25) is 5.02 Å². The highest BCUT2D eigenvalue weighted by Crippen LogP contribution is 2.36. The summed E-state index contributed by atoms with van der Waals surface area (Å²) in [4.78, 5) is 13.3. The van der Waals surface area contributed by atoms with E-state index < -0.39 is 31.7 Å². The number of piperazine rings is 1. The van der Waals surface area contributed by atoms with Crippen molar-refractivity contribution in [1.29, 1.82) is 0 Å². The number of sulfonamides is 1. The standard InChI is InChI=1S/C20H18ClF3N2O3S/c21-18-8-7-16(14-17(18)20(22,23)24)30(28,29)26-12-10-25(11-13-26)19(27)9-6-15-4-2-1-3-5-15/h1-9,14H,10-13H2/b9-6+. The smallest absolute Gasteiger partial charge is 0.337 e. The first-order valence-electron chi connectivity index (χ1n) is 8.98. The van der Waals surface area contributed by atoms with Crippen LogP contribution in [0.25, 0.3) is 6.08 Å². The third-order valence-electron chi connectivity index (χ3n) is 4.65. The van der Waals surface area contributed by atoms with Crippen molar-refractivity contribution >= 4 is 33.6 Å². The van der Waals surface area contributed by atoms with Gasteiger partial charge in [0.05, 0.1) is 15.5 Å². The van der Waals surface area contributed by atoms with Gasteiger partial charge in [-0.15, -0.1) is 0 Å². The Kier molecular flexibility index (Phi) is 6.54. The molecule has 2 aromatic carbocycles. The van der Waals surface area contributed by atoms with Crippen LogP contribution in [0.15, 0.2) is 59.5 Å². The van der Waals surface area contributed by atoms with Gasteiger partial charge >= 0.3 is 6.18 Å². The second-order valence-electron chi connectivity index (χ2n) is 6.61. The Hall–Kier alpha value is -2.36. The largest absolute Gasteiger partial charge is 0.417 e. The van der Waals surface area contributed by atoms with Gasteiger partial charge in [0.25, 0.3) is 0 Å². The van der Waals surface area contributed by atoms with E-state index in [2.05, 4.69) is 0 Å². The summed E-state index contributed by atoms with van der Waals surface area (Å²) < 4.78 is 65.7. The average Bonchev–Trinajstić information content (AvgIpc) is 2.72. The van der Waals surface area contributed by atoms with Gasteiger partial charge in [0.1, 0.15) is 0 Å². The Morgan fingerprint density at radius 2 is 1.63 bits per heavy atom. The molecule has 0 N–H and O–H groups in total. The van der Waals surface area contributed by atoms with Crippen molar-refractivity contribution < 1.29 is 26.4 Å². The molecular formula is C20H18ClF3N2O3S. The monoisotopic (exact) mass is 458 g/mol. The van der Waals surface area contributed by atoms with Crippen LogP contribution in [0.1, 0.15) is 11.1 Å². The fourth-order valence-electron chi connectivity index (χ4n) is 3.02. The van der Waals surface area contributed by atoms with E-state index in [0.717, 1.165) is 22.0 Å². The Bertz CT molecular complexity index is 1050. The number of carbonyl (C=O) groups excluding carboxylic acids is 1. The molecule has 0 unspecified atom stereocenters. The van der Waals surface area contributed by atoms with Crippen LogP contribution in [0.3, 0.4) is 0 Å². The molecule has 1 aliphatic rings. The van der Waals surface area contributed by atoms with Gasteiger partial charge in [-0.25, -0.2) is 8.42 Å². The van der Waals surface area contributed by atoms with E-state index in [1.165, 1.54) is 11.0 Å². The highest BCUT2D eigenvalue weighted by Gasteiger charge is 2.36. The van der Waals surface area contributed by atoms with Gasteiger partial charge < -0.3 is 4.90 Å². The lowest BCUT2D eigenvalue weighted by Gasteiger charge is -2.33. The van der Waals surface area contributed by atoms with Gasteiger partial charge in [0.15, 0.2) is 0 Å². The zero-order valence-electron chi connectivity index (χ0n) is 15.6. The van der Waals surface area contributed by atoms with Crippen LogP contribution in [0, 0.1) is 0 Å². The summed E-state index contributed by atoms with van der Waals surface area (Å²) >= 11 is 5.57. The molecule has 0 saturated carbocycles. The van der Waals surface area contributed by atoms with Crippen molar-refractivity contribution in [3.63, 3.8) is 0 Å². The number of carbonyl (C=O) groups is 1. The summed E-state index contributed by atoms with van der Waals surface area (Å²) in [6.07, 6.45) is -1.69. The molecule has 5 nitrogen and oxygen atoms in total. The van der Waals surface area contributed by atoms with Gasteiger partial charge in [0, 0.05) is 32.3 Å². The molecule has 2 aromatic rings. The minimum Gasteiger partial charge on any atom is -0.337 e. The normalized spacial score (nSPS) is 16.2. The molecule has 1 amide bonds. The van der Waals surface area contributed by atoms with E-state index in [4.69, 9.17) is 11.6 Å². The number of nitrogens with zero attached hydrogens (tertiary/aromatic N) is 2. The average molecular weight is 459 g/mol. The maximum Gasteiger partial charge on any atom is 0.417 e. The zero-order valence-corrected chi connectivity index (χ0v) is 17.2. The molecule has 1 fully saturated rings. The summed E-state index contributed by atoms with van der Waals surface area (Å²) in [6.45, 7) is 0.238. The molecule has 0 spiro atoms. The predicted molar refractivity (Wildman–Crippen MR) is 107 cm³/mol. The lowest BCUT2D eigenvalue weighted by Crippen LogP contribution is -2.50. The summed E-state index contributed by atoms with van der Waals surface area (Å²) in [6, 6.07) is 11.7. The van der Waals surface area contributed by atoms with Gasteiger partial charge in [-0.05, 0) is 29.8 Å². The minimum atomic E-state index is -4.77. The number of hydrogen-bond donors (Lipinski definition) is 0. The maximum absolute atomic E-state index is 13.1. The van der Waals surface area contributed by atoms with Crippen molar-refractivity contribution in [2.24, 2.45) is 0 Å². The summed E-state index contributed by atoms with van der Waals surface area (Å²) in [5, 5.41) is -0.568. The van der Waals surface area contributed by atoms with Crippen LogP contribution in [0.4, 0.5) is 13.2 Å². The van der Waals surface area contributed by atoms with Gasteiger partial charge in [-0.1, -0.05) is 41.9 Å². The van der Waals surface area contributed by atoms with Crippen LogP contribution >= 0.6 is 11.6 Å². The molecule has 1 heterocycles. The summed E-state index contributed by atoms with van der Waals surface area (Å²) in [5.41, 5.74) is -0.347. The van der Waals surface area contributed by atoms with E-state index >= 15 is 0 Å². The van der Waals surface area contributed by atoms with Crippen LogP contribution in [-0.2, 0) is 21.0 Å². The van der Waals surface area contributed by atoms with Crippen LogP contribution in [0.5, 0.6) is 0 Å². The second-order valence-corrected chi connectivity index (χ2v) is 8.96. The Labute approximate surface area is 177 Å². The third kappa shape index (κ3) is 5.03. The molecule has 160 valence electrons. The van der Waals surface area contributed by atoms with Crippen LogP contribution < -0.4 is 0 Å². The fraction of sp³-hybridized carbons (Fsp3) is 0.250. The second kappa shape index (κ2) is 8.79. The minimum absolute atomic E-state index is 0.0166. The maximum atomic E-state index is 13.1. The van der Waals surface area contributed by atoms with Crippen LogP contribution in [-0.4, -0.2) is 49.7 Å². The topological polar surface area (TPSA) is 57.7 Å². The molecule has 10 heteroatoms. The first-order valence-corrected chi connectivity index (χ1v) is 10.8. The zero-order chi connectivity index (χ0) is 21.9. The number of halogens is 4. The molecule has 30 heavy (non-hydrogen) atoms. The van der Waals surface area contributed by atoms with E-state index in [0.29, 0.717) is 6.07 Å².